The van der Waals surface area contributed by atoms with Crippen molar-refractivity contribution in [2.24, 2.45) is 0 Å². The van der Waals surface area contributed by atoms with Gasteiger partial charge in [0.15, 0.2) is 0 Å². The lowest BCUT2D eigenvalue weighted by molar-refractivity contribution is 0.833. The zero-order valence-corrected chi connectivity index (χ0v) is 7.90. The van der Waals surface area contributed by atoms with E-state index in [2.05, 4.69) is 32.9 Å². The van der Waals surface area contributed by atoms with Crippen LogP contribution in [0.15, 0.2) is 12.2 Å². The van der Waals surface area contributed by atoms with Crippen LogP contribution in [-0.4, -0.2) is 0 Å². The van der Waals surface area contributed by atoms with Crippen molar-refractivity contribution in [2.45, 2.75) is 46.0 Å². The van der Waals surface area contributed by atoms with E-state index in [-0.39, 0.29) is 0 Å². The van der Waals surface area contributed by atoms with E-state index < -0.39 is 0 Å². The first-order valence-corrected chi connectivity index (χ1v) is 4.50. The Labute approximate surface area is 71.7 Å². The maximum Gasteiger partial charge on any atom is -0.0300 e. The Bertz CT molecular complexity index is 90.2. The van der Waals surface area contributed by atoms with Crippen LogP contribution >= 0.6 is 0 Å². The van der Waals surface area contributed by atoms with Gasteiger partial charge in [-0.2, -0.15) is 0 Å². The molecule has 0 aliphatic heterocycles. The first-order valence-electron chi connectivity index (χ1n) is 4.50. The Morgan fingerprint density at radius 1 is 1.18 bits per heavy atom. The molecule has 0 heterocycles. The predicted octanol–water partition coefficient (Wildman–Crippen LogP) is 3.94. The molecule has 0 aliphatic rings. The van der Waals surface area contributed by atoms with Gasteiger partial charge in [0, 0.05) is 0 Å². The number of unbranched alkanes of at least 4 members (excludes halogenated alkanes) is 2. The fourth-order valence-corrected chi connectivity index (χ4v) is 0.870. The quantitative estimate of drug-likeness (QED) is 0.399. The minimum absolute atomic E-state index is 1.06. The van der Waals surface area contributed by atoms with Crippen molar-refractivity contribution in [3.63, 3.8) is 0 Å². The zero-order chi connectivity index (χ0) is 8.53. The molecule has 0 aliphatic carbocycles. The molecule has 0 nitrogen and oxygen atoms in total. The van der Waals surface area contributed by atoms with Gasteiger partial charge < -0.3 is 0 Å². The van der Waals surface area contributed by atoms with Crippen molar-refractivity contribution < 1.29 is 0 Å². The fourth-order valence-electron chi connectivity index (χ4n) is 0.870. The summed E-state index contributed by atoms with van der Waals surface area (Å²) in [5, 5.41) is 0. The molecule has 0 aromatic heterocycles. The summed E-state index contributed by atoms with van der Waals surface area (Å²) in [5.41, 5.74) is 0. The molecule has 0 aromatic rings. The van der Waals surface area contributed by atoms with Crippen LogP contribution in [0.25, 0.3) is 0 Å². The van der Waals surface area contributed by atoms with Gasteiger partial charge in [0.05, 0.1) is 0 Å². The lowest BCUT2D eigenvalue weighted by Crippen LogP contribution is -1.80. The molecule has 0 amide bonds. The van der Waals surface area contributed by atoms with E-state index >= 15 is 0 Å². The number of allylic oxidation sites excluding steroid dienone is 2. The van der Waals surface area contributed by atoms with Crippen LogP contribution in [0.5, 0.6) is 0 Å². The average Bonchev–Trinajstić information content (AvgIpc) is 1.96. The lowest BCUT2D eigenvalue weighted by atomic mass is 10.1. The van der Waals surface area contributed by atoms with E-state index in [4.69, 9.17) is 0 Å². The molecule has 0 spiro atoms. The molecule has 0 saturated heterocycles. The van der Waals surface area contributed by atoms with Crippen molar-refractivity contribution in [3.05, 3.63) is 25.0 Å². The SMILES string of the molecule is [CH2]CCCC=CCC[C](C)C. The predicted molar refractivity (Wildman–Crippen MR) is 52.2 cm³/mol. The van der Waals surface area contributed by atoms with Crippen LogP contribution in [0.2, 0.25) is 0 Å². The maximum absolute atomic E-state index is 3.79. The minimum Gasteiger partial charge on any atom is -0.0885 e. The van der Waals surface area contributed by atoms with E-state index in [9.17, 15) is 0 Å². The summed E-state index contributed by atoms with van der Waals surface area (Å²) in [6, 6.07) is 0. The largest absolute Gasteiger partial charge is 0.0885 e. The van der Waals surface area contributed by atoms with E-state index in [0.717, 1.165) is 6.42 Å². The Morgan fingerprint density at radius 2 is 1.82 bits per heavy atom. The molecule has 64 valence electrons. The van der Waals surface area contributed by atoms with Crippen LogP contribution in [-0.2, 0) is 0 Å². The standard InChI is InChI=1S/C11H20/c1-4-5-6-7-8-9-10-11(2)3/h7-8H,1,4-6,9-10H2,2-3H3. The third-order valence-electron chi connectivity index (χ3n) is 1.60. The fraction of sp³-hybridized carbons (Fsp3) is 0.636. The molecule has 0 unspecified atom stereocenters. The van der Waals surface area contributed by atoms with Crippen LogP contribution in [0, 0.1) is 12.8 Å². The number of hydrogen-bond donors (Lipinski definition) is 0. The molecule has 0 rings (SSSR count). The second kappa shape index (κ2) is 7.84. The second-order valence-corrected chi connectivity index (χ2v) is 3.21. The van der Waals surface area contributed by atoms with Crippen molar-refractivity contribution in [3.8, 4) is 0 Å². The normalized spacial score (nSPS) is 11.6. The third kappa shape index (κ3) is 9.74. The lowest BCUT2D eigenvalue weighted by Gasteiger charge is -1.97. The second-order valence-electron chi connectivity index (χ2n) is 3.21. The molecule has 0 atom stereocenters. The van der Waals surface area contributed by atoms with E-state index in [1.54, 1.807) is 0 Å². The summed E-state index contributed by atoms with van der Waals surface area (Å²) >= 11 is 0. The van der Waals surface area contributed by atoms with Crippen molar-refractivity contribution in [1.82, 2.24) is 0 Å². The first-order chi connectivity index (χ1) is 5.27. The molecule has 0 heteroatoms. The highest BCUT2D eigenvalue weighted by molar-refractivity contribution is 4.86. The van der Waals surface area contributed by atoms with Crippen molar-refractivity contribution in [1.29, 1.82) is 0 Å². The number of rotatable bonds is 6. The van der Waals surface area contributed by atoms with Gasteiger partial charge in [0.25, 0.3) is 0 Å². The highest BCUT2D eigenvalue weighted by atomic mass is 13.9. The van der Waals surface area contributed by atoms with Crippen LogP contribution in [0.1, 0.15) is 46.0 Å². The third-order valence-corrected chi connectivity index (χ3v) is 1.60. The molecule has 0 aromatic carbocycles. The molecular weight excluding hydrogens is 132 g/mol. The van der Waals surface area contributed by atoms with Gasteiger partial charge in [-0.25, -0.2) is 0 Å². The molecule has 11 heavy (non-hydrogen) atoms. The van der Waals surface area contributed by atoms with E-state index in [1.807, 2.05) is 0 Å². The molecule has 0 fully saturated rings. The van der Waals surface area contributed by atoms with Crippen molar-refractivity contribution >= 4 is 0 Å². The van der Waals surface area contributed by atoms with Gasteiger partial charge in [-0.1, -0.05) is 39.3 Å². The molecule has 0 bridgehead atoms. The highest BCUT2D eigenvalue weighted by Gasteiger charge is 1.89. The molecule has 2 radical (unpaired) electrons. The van der Waals surface area contributed by atoms with E-state index in [1.165, 1.54) is 31.6 Å². The highest BCUT2D eigenvalue weighted by Crippen LogP contribution is 2.06. The van der Waals surface area contributed by atoms with Gasteiger partial charge in [-0.3, -0.25) is 0 Å². The van der Waals surface area contributed by atoms with Gasteiger partial charge in [0.1, 0.15) is 0 Å². The van der Waals surface area contributed by atoms with Crippen LogP contribution in [0.4, 0.5) is 0 Å². The number of hydrogen-bond acceptors (Lipinski definition) is 0. The summed E-state index contributed by atoms with van der Waals surface area (Å²) < 4.78 is 0. The van der Waals surface area contributed by atoms with Crippen molar-refractivity contribution in [2.75, 3.05) is 0 Å². The molecule has 0 saturated carbocycles. The summed E-state index contributed by atoms with van der Waals surface area (Å²) in [6.45, 7) is 8.16. The van der Waals surface area contributed by atoms with Gasteiger partial charge in [-0.15, -0.1) is 0 Å². The summed E-state index contributed by atoms with van der Waals surface area (Å²) in [7, 11) is 0. The maximum atomic E-state index is 3.79. The van der Waals surface area contributed by atoms with Crippen LogP contribution in [0.3, 0.4) is 0 Å². The molecule has 0 N–H and O–H groups in total. The van der Waals surface area contributed by atoms with E-state index in [0.29, 0.717) is 0 Å². The van der Waals surface area contributed by atoms with Crippen LogP contribution < -0.4 is 0 Å². The topological polar surface area (TPSA) is 0 Å². The summed E-state index contributed by atoms with van der Waals surface area (Å²) in [5.74, 6) is 1.52. The molecular formula is C11H20. The first kappa shape index (κ1) is 10.7. The Balaban J connectivity index is 3.03. The minimum atomic E-state index is 1.06. The summed E-state index contributed by atoms with van der Waals surface area (Å²) in [6.07, 6.45) is 10.5. The summed E-state index contributed by atoms with van der Waals surface area (Å²) in [4.78, 5) is 0. The average molecular weight is 152 g/mol. The Kier molecular flexibility index (Phi) is 7.66. The van der Waals surface area contributed by atoms with Gasteiger partial charge >= 0.3 is 0 Å². The zero-order valence-electron chi connectivity index (χ0n) is 7.90. The Hall–Kier alpha value is -0.260. The van der Waals surface area contributed by atoms with Gasteiger partial charge in [-0.05, 0) is 31.6 Å². The monoisotopic (exact) mass is 152 g/mol. The Morgan fingerprint density at radius 3 is 2.36 bits per heavy atom. The van der Waals surface area contributed by atoms with Gasteiger partial charge in [0.2, 0.25) is 0 Å². The smallest absolute Gasteiger partial charge is 0.0300 e.